The largest absolute Gasteiger partial charge is 0.461 e. The summed E-state index contributed by atoms with van der Waals surface area (Å²) in [5, 5.41) is 11.4. The van der Waals surface area contributed by atoms with Gasteiger partial charge in [0.25, 0.3) is 5.91 Å². The van der Waals surface area contributed by atoms with Crippen LogP contribution in [0.4, 0.5) is 0 Å². The normalized spacial score (nSPS) is 18.4. The van der Waals surface area contributed by atoms with Crippen LogP contribution in [0.15, 0.2) is 71.9 Å². The molecule has 1 N–H and O–H groups in total. The highest BCUT2D eigenvalue weighted by molar-refractivity contribution is 8.00. The summed E-state index contributed by atoms with van der Waals surface area (Å²) < 4.78 is 11.2. The minimum absolute atomic E-state index is 0.0906. The van der Waals surface area contributed by atoms with E-state index < -0.39 is 24.1 Å². The number of fused-ring (bicyclic) bond motifs is 1. The number of β-lactam (4-membered cyclic amide) rings is 1. The van der Waals surface area contributed by atoms with E-state index in [4.69, 9.17) is 27.0 Å². The number of ether oxygens (including phenoxy) is 2. The number of hydrogen-bond acceptors (Lipinski definition) is 8. The average Bonchev–Trinajstić information content (AvgIpc) is 2.92. The van der Waals surface area contributed by atoms with Gasteiger partial charge in [0, 0.05) is 31.1 Å². The molecule has 2 atom stereocenters. The van der Waals surface area contributed by atoms with Crippen molar-refractivity contribution in [2.45, 2.75) is 37.3 Å². The Morgan fingerprint density at radius 2 is 1.78 bits per heavy atom. The summed E-state index contributed by atoms with van der Waals surface area (Å²) >= 11 is 6.72. The van der Waals surface area contributed by atoms with E-state index in [1.54, 1.807) is 0 Å². The lowest BCUT2D eigenvalue weighted by atomic mass is 10.0. The summed E-state index contributed by atoms with van der Waals surface area (Å²) in [7, 11) is 0. The van der Waals surface area contributed by atoms with E-state index in [1.165, 1.54) is 23.6 Å². The highest BCUT2D eigenvalue weighted by Crippen LogP contribution is 2.41. The third-order valence-electron chi connectivity index (χ3n) is 5.90. The Kier molecular flexibility index (Phi) is 8.58. The van der Waals surface area contributed by atoms with Crippen molar-refractivity contribution in [1.82, 2.24) is 10.2 Å². The van der Waals surface area contributed by atoms with Crippen molar-refractivity contribution in [2.24, 2.45) is 0 Å². The maximum atomic E-state index is 13.7. The fraction of sp³-hybridized carbons (Fsp3) is 0.296. The molecule has 2 aromatic carbocycles. The molecule has 2 heterocycles. The number of carbonyl (C=O) groups excluding carboxylic acids is 3. The van der Waals surface area contributed by atoms with Crippen molar-refractivity contribution in [3.63, 3.8) is 0 Å². The van der Waals surface area contributed by atoms with Crippen molar-refractivity contribution < 1.29 is 23.9 Å². The molecule has 2 aliphatic rings. The number of nitrogens with zero attached hydrogens (tertiary/aromatic N) is 2. The first-order chi connectivity index (χ1) is 17.9. The van der Waals surface area contributed by atoms with Gasteiger partial charge in [0.2, 0.25) is 0 Å². The molecule has 37 heavy (non-hydrogen) atoms. The summed E-state index contributed by atoms with van der Waals surface area (Å²) in [4.78, 5) is 40.2. The van der Waals surface area contributed by atoms with Gasteiger partial charge in [-0.1, -0.05) is 72.9 Å². The van der Waals surface area contributed by atoms with Crippen molar-refractivity contribution in [3.05, 3.63) is 83.1 Å². The summed E-state index contributed by atoms with van der Waals surface area (Å²) in [6.45, 7) is 1.17. The summed E-state index contributed by atoms with van der Waals surface area (Å²) in [5.41, 5.74) is 2.15. The van der Waals surface area contributed by atoms with Crippen molar-refractivity contribution in [1.29, 1.82) is 5.26 Å². The van der Waals surface area contributed by atoms with Crippen LogP contribution in [-0.4, -0.2) is 51.5 Å². The number of esters is 2. The molecule has 0 aliphatic carbocycles. The number of amides is 1. The lowest BCUT2D eigenvalue weighted by Gasteiger charge is -2.50. The number of hydrogen-bond donors (Lipinski definition) is 1. The number of thiocarbonyl (C=S) groups is 1. The average molecular weight is 536 g/mol. The molecule has 10 heteroatoms. The summed E-state index contributed by atoms with van der Waals surface area (Å²) in [5.74, 6) is -1.13. The minimum Gasteiger partial charge on any atom is -0.461 e. The lowest BCUT2D eigenvalue weighted by molar-refractivity contribution is -0.153. The maximum Gasteiger partial charge on any atom is 0.356 e. The highest BCUT2D eigenvalue weighted by Gasteiger charge is 2.54. The molecule has 190 valence electrons. The van der Waals surface area contributed by atoms with Gasteiger partial charge in [-0.2, -0.15) is 5.26 Å². The van der Waals surface area contributed by atoms with Gasteiger partial charge in [0.1, 0.15) is 23.7 Å². The molecule has 1 saturated heterocycles. The van der Waals surface area contributed by atoms with Crippen LogP contribution in [0.25, 0.3) is 0 Å². The number of thioether (sulfide) groups is 1. The van der Waals surface area contributed by atoms with E-state index >= 15 is 0 Å². The molecular formula is C27H25N3O5S2. The smallest absolute Gasteiger partial charge is 0.356 e. The molecule has 1 fully saturated rings. The number of nitriles is 1. The summed E-state index contributed by atoms with van der Waals surface area (Å²) in [6.07, 6.45) is -0.0987. The van der Waals surface area contributed by atoms with E-state index in [0.29, 0.717) is 22.7 Å². The number of rotatable bonds is 9. The van der Waals surface area contributed by atoms with Crippen LogP contribution in [0, 0.1) is 11.3 Å². The van der Waals surface area contributed by atoms with E-state index in [2.05, 4.69) is 5.32 Å². The van der Waals surface area contributed by atoms with Gasteiger partial charge < -0.3 is 14.8 Å². The molecule has 4 rings (SSSR count). The Bertz CT molecular complexity index is 1220. The molecule has 0 radical (unpaired) electrons. The lowest BCUT2D eigenvalue weighted by Crippen LogP contribution is -2.70. The third-order valence-corrected chi connectivity index (χ3v) is 7.56. The first kappa shape index (κ1) is 26.4. The van der Waals surface area contributed by atoms with Crippen LogP contribution in [-0.2, 0) is 23.9 Å². The second-order valence-electron chi connectivity index (χ2n) is 8.45. The van der Waals surface area contributed by atoms with Gasteiger partial charge in [-0.05, 0) is 11.1 Å². The number of carbonyl (C=O) groups is 3. The van der Waals surface area contributed by atoms with Gasteiger partial charge in [-0.25, -0.2) is 4.79 Å². The van der Waals surface area contributed by atoms with Crippen molar-refractivity contribution in [3.8, 4) is 6.07 Å². The second kappa shape index (κ2) is 12.0. The van der Waals surface area contributed by atoms with Crippen LogP contribution in [0.2, 0.25) is 0 Å². The van der Waals surface area contributed by atoms with E-state index in [-0.39, 0.29) is 30.0 Å². The first-order valence-electron chi connectivity index (χ1n) is 11.7. The summed E-state index contributed by atoms with van der Waals surface area (Å²) in [6, 6.07) is 20.1. The molecule has 2 aromatic rings. The van der Waals surface area contributed by atoms with E-state index in [1.807, 2.05) is 66.7 Å². The quantitative estimate of drug-likeness (QED) is 0.292. The van der Waals surface area contributed by atoms with E-state index in [0.717, 1.165) is 11.1 Å². The molecular weight excluding hydrogens is 510 g/mol. The van der Waals surface area contributed by atoms with Gasteiger partial charge in [-0.3, -0.25) is 14.5 Å². The monoisotopic (exact) mass is 535 g/mol. The molecule has 8 nitrogen and oxygen atoms in total. The second-order valence-corrected chi connectivity index (χ2v) is 10.1. The van der Waals surface area contributed by atoms with Gasteiger partial charge in [-0.15, -0.1) is 11.8 Å². The highest BCUT2D eigenvalue weighted by atomic mass is 32.2. The Morgan fingerprint density at radius 3 is 2.35 bits per heavy atom. The SMILES string of the molecule is CC(=O)OCC1=C(C(=O)OC(c2ccccc2)c2ccccc2)N2C(=O)C(NC(=S)CCC#N)[C@H]2SC1. The maximum absolute atomic E-state index is 13.7. The first-order valence-corrected chi connectivity index (χ1v) is 13.1. The number of benzene rings is 2. The third kappa shape index (κ3) is 6.01. The van der Waals surface area contributed by atoms with Gasteiger partial charge in [0.05, 0.1) is 11.1 Å². The molecule has 1 unspecified atom stereocenters. The Labute approximate surface area is 224 Å². The van der Waals surface area contributed by atoms with Crippen molar-refractivity contribution >= 4 is 46.8 Å². The molecule has 0 aromatic heterocycles. The standard InChI is InChI=1S/C27H25N3O5S2/c1-17(31)34-15-20-16-37-26-22(29-21(36)13-8-14-28)25(32)30(26)23(20)27(33)35-24(18-9-4-2-5-10-18)19-11-6-3-7-12-19/h2-7,9-12,22,24,26H,8,13,15-16H2,1H3,(H,29,36)/t22?,26-/m1/s1. The molecule has 0 bridgehead atoms. The zero-order valence-electron chi connectivity index (χ0n) is 20.1. The fourth-order valence-corrected chi connectivity index (χ4v) is 5.69. The Morgan fingerprint density at radius 1 is 1.16 bits per heavy atom. The predicted octanol–water partition coefficient (Wildman–Crippen LogP) is 3.64. The molecule has 0 saturated carbocycles. The van der Waals surface area contributed by atoms with Gasteiger partial charge >= 0.3 is 11.9 Å². The van der Waals surface area contributed by atoms with E-state index in [9.17, 15) is 14.4 Å². The zero-order chi connectivity index (χ0) is 26.4. The van der Waals surface area contributed by atoms with Gasteiger partial charge in [0.15, 0.2) is 6.10 Å². The molecule has 2 aliphatic heterocycles. The van der Waals surface area contributed by atoms with Crippen LogP contribution >= 0.6 is 24.0 Å². The van der Waals surface area contributed by atoms with Crippen LogP contribution in [0.1, 0.15) is 37.0 Å². The topological polar surface area (TPSA) is 109 Å². The molecule has 1 amide bonds. The van der Waals surface area contributed by atoms with Crippen LogP contribution in [0.3, 0.4) is 0 Å². The minimum atomic E-state index is -0.700. The Hall–Kier alpha value is -3.68. The van der Waals surface area contributed by atoms with Crippen LogP contribution in [0.5, 0.6) is 0 Å². The number of nitrogens with one attached hydrogen (secondary N) is 1. The Balaban J connectivity index is 1.62. The fourth-order valence-electron chi connectivity index (χ4n) is 4.13. The zero-order valence-corrected chi connectivity index (χ0v) is 21.7. The predicted molar refractivity (Wildman–Crippen MR) is 142 cm³/mol. The van der Waals surface area contributed by atoms with Crippen molar-refractivity contribution in [2.75, 3.05) is 12.4 Å². The van der Waals surface area contributed by atoms with Crippen LogP contribution < -0.4 is 5.32 Å². The molecule has 0 spiro atoms.